The van der Waals surface area contributed by atoms with Crippen LogP contribution in [0, 0.1) is 13.8 Å². The fourth-order valence-electron chi connectivity index (χ4n) is 3.35. The molecule has 7 nitrogen and oxygen atoms in total. The average molecular weight is 423 g/mol. The average Bonchev–Trinajstić information content (AvgIpc) is 2.87. The van der Waals surface area contributed by atoms with Crippen molar-refractivity contribution < 1.29 is 21.6 Å². The molecular weight excluding hydrogens is 400 g/mol. The minimum atomic E-state index is -3.88. The lowest BCUT2D eigenvalue weighted by Gasteiger charge is -2.19. The molecule has 3 rings (SSSR count). The summed E-state index contributed by atoms with van der Waals surface area (Å²) in [6.07, 6.45) is 0.778. The Labute approximate surface area is 165 Å². The van der Waals surface area contributed by atoms with Gasteiger partial charge in [0.15, 0.2) is 0 Å². The molecule has 0 atom stereocenters. The fraction of sp³-hybridized carbons (Fsp3) is 0.316. The van der Waals surface area contributed by atoms with Crippen molar-refractivity contribution in [3.8, 4) is 0 Å². The van der Waals surface area contributed by atoms with E-state index in [9.17, 15) is 21.6 Å². The van der Waals surface area contributed by atoms with E-state index in [-0.39, 0.29) is 22.8 Å². The number of carbonyl (C=O) groups is 1. The highest BCUT2D eigenvalue weighted by atomic mass is 32.2. The molecule has 1 aliphatic rings. The van der Waals surface area contributed by atoms with Crippen molar-refractivity contribution in [2.75, 3.05) is 14.8 Å². The Bertz CT molecular complexity index is 1110. The van der Waals surface area contributed by atoms with Crippen molar-refractivity contribution in [2.24, 2.45) is 0 Å². The van der Waals surface area contributed by atoms with Gasteiger partial charge in [-0.05, 0) is 61.2 Å². The molecule has 2 aromatic carbocycles. The van der Waals surface area contributed by atoms with Gasteiger partial charge in [-0.2, -0.15) is 0 Å². The summed E-state index contributed by atoms with van der Waals surface area (Å²) in [6.45, 7) is 5.18. The molecule has 0 unspecified atom stereocenters. The van der Waals surface area contributed by atoms with Crippen LogP contribution in [0.3, 0.4) is 0 Å². The fourth-order valence-corrected chi connectivity index (χ4v) is 6.31. The summed E-state index contributed by atoms with van der Waals surface area (Å²) in [5.74, 6) is -0.747. The zero-order chi connectivity index (χ0) is 20.7. The summed E-state index contributed by atoms with van der Waals surface area (Å²) in [6, 6.07) is 9.94. The highest BCUT2D eigenvalue weighted by Crippen LogP contribution is 2.32. The minimum Gasteiger partial charge on any atom is -0.280 e. The van der Waals surface area contributed by atoms with Crippen LogP contribution in [-0.4, -0.2) is 28.5 Å². The predicted octanol–water partition coefficient (Wildman–Crippen LogP) is 2.73. The van der Waals surface area contributed by atoms with E-state index in [1.165, 1.54) is 12.1 Å². The largest absolute Gasteiger partial charge is 0.280 e. The van der Waals surface area contributed by atoms with Gasteiger partial charge in [-0.15, -0.1) is 0 Å². The number of aryl methyl sites for hydroxylation is 3. The molecule has 0 radical (unpaired) electrons. The summed E-state index contributed by atoms with van der Waals surface area (Å²) in [5, 5.41) is 0. The number of carbonyl (C=O) groups excluding carboxylic acids is 1. The molecule has 2 aromatic rings. The monoisotopic (exact) mass is 422 g/mol. The molecule has 0 aliphatic carbocycles. The molecule has 0 aromatic heterocycles. The Morgan fingerprint density at radius 3 is 2.11 bits per heavy atom. The standard InChI is InChI=1S/C19H22N2O5S2/c1-4-15-5-7-16(8-6-15)20-28(25,26)19-13(2)11-17(12-14(19)3)21-18(22)9-10-27(21,23)24/h5-8,11-12,20H,4,9-10H2,1-3H3. The molecule has 1 fully saturated rings. The van der Waals surface area contributed by atoms with Crippen molar-refractivity contribution in [2.45, 2.75) is 38.5 Å². The highest BCUT2D eigenvalue weighted by molar-refractivity contribution is 7.94. The second kappa shape index (κ2) is 7.21. The lowest BCUT2D eigenvalue weighted by Crippen LogP contribution is -2.29. The number of hydrogen-bond donors (Lipinski definition) is 1. The van der Waals surface area contributed by atoms with Gasteiger partial charge in [-0.3, -0.25) is 9.52 Å². The van der Waals surface area contributed by atoms with E-state index in [0.717, 1.165) is 16.3 Å². The highest BCUT2D eigenvalue weighted by Gasteiger charge is 2.37. The molecule has 1 heterocycles. The van der Waals surface area contributed by atoms with Crippen molar-refractivity contribution in [1.82, 2.24) is 0 Å². The summed E-state index contributed by atoms with van der Waals surface area (Å²) in [4.78, 5) is 12.1. The second-order valence-corrected chi connectivity index (χ2v) is 10.3. The first-order chi connectivity index (χ1) is 13.0. The topological polar surface area (TPSA) is 101 Å². The van der Waals surface area contributed by atoms with Crippen LogP contribution in [0.1, 0.15) is 30.0 Å². The van der Waals surface area contributed by atoms with Crippen LogP contribution >= 0.6 is 0 Å². The van der Waals surface area contributed by atoms with Crippen molar-refractivity contribution in [3.05, 3.63) is 53.1 Å². The number of nitrogens with one attached hydrogen (secondary N) is 1. The third-order valence-electron chi connectivity index (χ3n) is 4.64. The summed E-state index contributed by atoms with van der Waals surface area (Å²) < 4.78 is 53.4. The number of anilines is 2. The molecule has 0 saturated carbocycles. The van der Waals surface area contributed by atoms with Crippen LogP contribution in [0.5, 0.6) is 0 Å². The molecule has 150 valence electrons. The van der Waals surface area contributed by atoms with Gasteiger partial charge in [0.2, 0.25) is 15.9 Å². The van der Waals surface area contributed by atoms with Crippen LogP contribution in [0.15, 0.2) is 41.3 Å². The molecule has 0 bridgehead atoms. The van der Waals surface area contributed by atoms with Gasteiger partial charge in [-0.1, -0.05) is 19.1 Å². The second-order valence-electron chi connectivity index (χ2n) is 6.79. The van der Waals surface area contributed by atoms with Gasteiger partial charge in [-0.25, -0.2) is 21.1 Å². The van der Waals surface area contributed by atoms with E-state index < -0.39 is 26.0 Å². The van der Waals surface area contributed by atoms with E-state index in [2.05, 4.69) is 4.72 Å². The Hall–Kier alpha value is -2.39. The number of rotatable bonds is 5. The number of hydrogen-bond acceptors (Lipinski definition) is 5. The Morgan fingerprint density at radius 1 is 1.07 bits per heavy atom. The maximum absolute atomic E-state index is 12.9. The first-order valence-electron chi connectivity index (χ1n) is 8.84. The number of nitrogens with zero attached hydrogens (tertiary/aromatic N) is 1. The molecule has 9 heteroatoms. The molecule has 28 heavy (non-hydrogen) atoms. The number of sulfonamides is 2. The zero-order valence-electron chi connectivity index (χ0n) is 15.9. The first kappa shape index (κ1) is 20.3. The van der Waals surface area contributed by atoms with Gasteiger partial charge in [0.1, 0.15) is 0 Å². The number of amides is 1. The molecule has 1 saturated heterocycles. The molecule has 1 amide bonds. The smallest absolute Gasteiger partial charge is 0.262 e. The summed E-state index contributed by atoms with van der Waals surface area (Å²) >= 11 is 0. The van der Waals surface area contributed by atoms with Gasteiger partial charge in [0.05, 0.1) is 16.3 Å². The van der Waals surface area contributed by atoms with E-state index in [0.29, 0.717) is 16.8 Å². The van der Waals surface area contributed by atoms with Crippen LogP contribution < -0.4 is 9.03 Å². The van der Waals surface area contributed by atoms with Crippen LogP contribution in [0.25, 0.3) is 0 Å². The quantitative estimate of drug-likeness (QED) is 0.798. The summed E-state index contributed by atoms with van der Waals surface area (Å²) in [7, 11) is -7.59. The van der Waals surface area contributed by atoms with Gasteiger partial charge < -0.3 is 0 Å². The Kier molecular flexibility index (Phi) is 5.24. The molecular formula is C19H22N2O5S2. The van der Waals surface area contributed by atoms with E-state index in [4.69, 9.17) is 0 Å². The third kappa shape index (κ3) is 3.77. The maximum Gasteiger partial charge on any atom is 0.262 e. The van der Waals surface area contributed by atoms with E-state index >= 15 is 0 Å². The van der Waals surface area contributed by atoms with Crippen LogP contribution in [0.2, 0.25) is 0 Å². The van der Waals surface area contributed by atoms with Crippen molar-refractivity contribution in [3.63, 3.8) is 0 Å². The van der Waals surface area contributed by atoms with E-state index in [1.807, 2.05) is 19.1 Å². The zero-order valence-corrected chi connectivity index (χ0v) is 17.5. The van der Waals surface area contributed by atoms with Crippen LogP contribution in [-0.2, 0) is 31.3 Å². The Morgan fingerprint density at radius 2 is 1.64 bits per heavy atom. The maximum atomic E-state index is 12.9. The number of benzene rings is 2. The van der Waals surface area contributed by atoms with Crippen LogP contribution in [0.4, 0.5) is 11.4 Å². The normalized spacial score (nSPS) is 16.4. The predicted molar refractivity (Wildman–Crippen MR) is 108 cm³/mol. The van der Waals surface area contributed by atoms with Crippen molar-refractivity contribution >= 4 is 37.3 Å². The van der Waals surface area contributed by atoms with Crippen molar-refractivity contribution in [1.29, 1.82) is 0 Å². The molecule has 0 spiro atoms. The SMILES string of the molecule is CCc1ccc(NS(=O)(=O)c2c(C)cc(N3C(=O)CCS3(=O)=O)cc2C)cc1. The third-order valence-corrected chi connectivity index (χ3v) is 8.02. The van der Waals surface area contributed by atoms with E-state index in [1.54, 1.807) is 26.0 Å². The van der Waals surface area contributed by atoms with Gasteiger partial charge in [0.25, 0.3) is 10.0 Å². The minimum absolute atomic E-state index is 0.0693. The lowest BCUT2D eigenvalue weighted by molar-refractivity contribution is -0.116. The van der Waals surface area contributed by atoms with Gasteiger partial charge >= 0.3 is 0 Å². The molecule has 1 N–H and O–H groups in total. The molecule has 1 aliphatic heterocycles. The van der Waals surface area contributed by atoms with Gasteiger partial charge in [0, 0.05) is 12.1 Å². The Balaban J connectivity index is 1.99. The first-order valence-corrected chi connectivity index (χ1v) is 11.9. The summed E-state index contributed by atoms with van der Waals surface area (Å²) in [5.41, 5.74) is 2.43. The lowest BCUT2D eigenvalue weighted by atomic mass is 10.1.